The minimum absolute atomic E-state index is 0.0624. The van der Waals surface area contributed by atoms with Crippen LogP contribution in [0.1, 0.15) is 10.7 Å². The summed E-state index contributed by atoms with van der Waals surface area (Å²) in [5.74, 6) is 0. The molecule has 4 nitrogen and oxygen atoms in total. The number of halogens is 3. The lowest BCUT2D eigenvalue weighted by atomic mass is 10.6. The highest BCUT2D eigenvalue weighted by molar-refractivity contribution is 7.99. The van der Waals surface area contributed by atoms with Gasteiger partial charge in [0.25, 0.3) is 0 Å². The Morgan fingerprint density at radius 2 is 2.31 bits per heavy atom. The molecule has 1 atom stereocenters. The quantitative estimate of drug-likeness (QED) is 0.498. The van der Waals surface area contributed by atoms with Gasteiger partial charge in [-0.1, -0.05) is 0 Å². The first kappa shape index (κ1) is 12.8. The van der Waals surface area contributed by atoms with Crippen LogP contribution >= 0.6 is 11.3 Å². The van der Waals surface area contributed by atoms with Crippen molar-refractivity contribution in [1.29, 1.82) is 5.26 Å². The van der Waals surface area contributed by atoms with Crippen LogP contribution in [0.3, 0.4) is 0 Å². The Morgan fingerprint density at radius 3 is 2.75 bits per heavy atom. The van der Waals surface area contributed by atoms with E-state index in [9.17, 15) is 17.4 Å². The van der Waals surface area contributed by atoms with Gasteiger partial charge in [-0.05, 0) is 0 Å². The van der Waals surface area contributed by atoms with Crippen molar-refractivity contribution in [3.63, 3.8) is 0 Å². The van der Waals surface area contributed by atoms with Gasteiger partial charge < -0.3 is 0 Å². The molecule has 0 saturated carbocycles. The maximum absolute atomic E-state index is 12.2. The first-order valence-electron chi connectivity index (χ1n) is 3.77. The summed E-state index contributed by atoms with van der Waals surface area (Å²) < 4.78 is 50.0. The predicted octanol–water partition coefficient (Wildman–Crippen LogP) is 1.21. The summed E-state index contributed by atoms with van der Waals surface area (Å²) in [6.45, 7) is 0. The maximum atomic E-state index is 12.2. The van der Waals surface area contributed by atoms with Crippen molar-refractivity contribution in [2.75, 3.05) is 6.26 Å². The van der Waals surface area contributed by atoms with Gasteiger partial charge in [0.15, 0.2) is 11.2 Å². The van der Waals surface area contributed by atoms with E-state index in [0.717, 1.165) is 10.7 Å². The van der Waals surface area contributed by atoms with E-state index in [1.165, 1.54) is 12.4 Å². The summed E-state index contributed by atoms with van der Waals surface area (Å²) in [5.41, 5.74) is -0.0624. The number of alkyl halides is 3. The van der Waals surface area contributed by atoms with E-state index < -0.39 is 20.9 Å². The van der Waals surface area contributed by atoms with Crippen LogP contribution < -0.4 is 4.72 Å². The van der Waals surface area contributed by atoms with Crippen LogP contribution in [-0.2, 0) is 15.9 Å². The molecule has 16 heavy (non-hydrogen) atoms. The van der Waals surface area contributed by atoms with E-state index in [1.807, 2.05) is 4.72 Å². The zero-order valence-corrected chi connectivity index (χ0v) is 9.54. The van der Waals surface area contributed by atoms with Crippen LogP contribution in [0.25, 0.3) is 0 Å². The summed E-state index contributed by atoms with van der Waals surface area (Å²) in [4.78, 5) is 3.26. The fourth-order valence-electron chi connectivity index (χ4n) is 0.821. The minimum atomic E-state index is -4.51. The Bertz CT molecular complexity index is 534. The van der Waals surface area contributed by atoms with E-state index in [-0.39, 0.29) is 5.69 Å². The molecule has 0 amide bonds. The van der Waals surface area contributed by atoms with Crippen molar-refractivity contribution in [3.8, 4) is 6.19 Å². The predicted molar refractivity (Wildman–Crippen MR) is 55.1 cm³/mol. The van der Waals surface area contributed by atoms with Crippen LogP contribution in [-0.4, -0.2) is 20.8 Å². The Balaban J connectivity index is 3.06. The van der Waals surface area contributed by atoms with Crippen LogP contribution in [0.15, 0.2) is 5.38 Å². The van der Waals surface area contributed by atoms with E-state index in [4.69, 9.17) is 5.26 Å². The first-order chi connectivity index (χ1) is 7.24. The van der Waals surface area contributed by atoms with Crippen molar-refractivity contribution >= 4 is 26.4 Å². The fourth-order valence-corrected chi connectivity index (χ4v) is 2.37. The number of rotatable bonds is 2. The lowest BCUT2D eigenvalue weighted by Gasteiger charge is -2.00. The summed E-state index contributed by atoms with van der Waals surface area (Å²) >= 11 is 0.412. The zero-order chi connectivity index (χ0) is 12.4. The summed E-state index contributed by atoms with van der Waals surface area (Å²) in [6, 6.07) is 0. The van der Waals surface area contributed by atoms with Gasteiger partial charge in [-0.25, -0.2) is 13.9 Å². The van der Waals surface area contributed by atoms with Crippen molar-refractivity contribution in [2.45, 2.75) is 6.18 Å². The summed E-state index contributed by atoms with van der Waals surface area (Å²) in [5, 5.41) is 9.38. The third-order valence-corrected chi connectivity index (χ3v) is 3.45. The second kappa shape index (κ2) is 4.31. The molecule has 0 aliphatic heterocycles. The van der Waals surface area contributed by atoms with Gasteiger partial charge in [0.1, 0.15) is 0 Å². The molecule has 1 aromatic rings. The van der Waals surface area contributed by atoms with Gasteiger partial charge in [0.2, 0.25) is 0 Å². The molecule has 0 radical (unpaired) electrons. The van der Waals surface area contributed by atoms with Gasteiger partial charge >= 0.3 is 6.18 Å². The molecule has 88 valence electrons. The zero-order valence-electron chi connectivity index (χ0n) is 7.91. The molecule has 1 aromatic heterocycles. The molecular formula is C7H6F3N3OS2. The highest BCUT2D eigenvalue weighted by Crippen LogP contribution is 2.31. The largest absolute Gasteiger partial charge is 0.443 e. The average molecular weight is 269 g/mol. The van der Waals surface area contributed by atoms with Crippen LogP contribution in [0.4, 0.5) is 13.2 Å². The van der Waals surface area contributed by atoms with Crippen molar-refractivity contribution in [1.82, 2.24) is 9.71 Å². The minimum Gasteiger partial charge on any atom is -0.249 e. The Labute approximate surface area is 93.9 Å². The number of hydrogen-bond donors (Lipinski definition) is 1. The van der Waals surface area contributed by atoms with Crippen molar-refractivity contribution in [3.05, 3.63) is 16.1 Å². The molecule has 0 fully saturated rings. The third-order valence-electron chi connectivity index (χ3n) is 1.36. The van der Waals surface area contributed by atoms with E-state index >= 15 is 0 Å². The molecule has 0 aliphatic carbocycles. The van der Waals surface area contributed by atoms with Crippen LogP contribution in [0.5, 0.6) is 0 Å². The van der Waals surface area contributed by atoms with Crippen LogP contribution in [0, 0.1) is 11.5 Å². The van der Waals surface area contributed by atoms with Gasteiger partial charge in [-0.2, -0.15) is 18.4 Å². The molecular weight excluding hydrogens is 263 g/mol. The van der Waals surface area contributed by atoms with Gasteiger partial charge in [-0.3, -0.25) is 0 Å². The SMILES string of the molecule is CS(=O)(=Cc1csc(C(F)(F)F)n1)NC#N. The lowest BCUT2D eigenvalue weighted by Crippen LogP contribution is -2.19. The summed E-state index contributed by atoms with van der Waals surface area (Å²) in [6.07, 6.45) is -1.85. The molecule has 1 rings (SSSR count). The van der Waals surface area contributed by atoms with Gasteiger partial charge in [0, 0.05) is 17.0 Å². The molecule has 0 saturated heterocycles. The van der Waals surface area contributed by atoms with Crippen molar-refractivity contribution < 1.29 is 17.4 Å². The van der Waals surface area contributed by atoms with Crippen LogP contribution in [0.2, 0.25) is 0 Å². The normalized spacial score (nSPS) is 14.9. The number of thiazole rings is 1. The number of nitrogens with one attached hydrogen (secondary N) is 1. The standard InChI is InChI=1S/C7H6F3N3OS2/c1-16(14,12-4-11)3-5-2-15-6(13-5)7(8,9)10/h2-3H,1H3,(H,12,14). The third kappa shape index (κ3) is 3.39. The number of nitriles is 1. The highest BCUT2D eigenvalue weighted by atomic mass is 32.2. The molecule has 0 aliphatic rings. The Morgan fingerprint density at radius 1 is 1.69 bits per heavy atom. The number of aromatic nitrogens is 1. The first-order valence-corrected chi connectivity index (χ1v) is 6.68. The molecule has 1 N–H and O–H groups in total. The molecule has 9 heteroatoms. The Hall–Kier alpha value is -1.27. The van der Waals surface area contributed by atoms with Gasteiger partial charge in [0.05, 0.1) is 15.4 Å². The smallest absolute Gasteiger partial charge is 0.249 e. The fraction of sp³-hybridized carbons (Fsp3) is 0.286. The molecule has 1 heterocycles. The van der Waals surface area contributed by atoms with Crippen molar-refractivity contribution in [2.24, 2.45) is 0 Å². The molecule has 0 aromatic carbocycles. The second-order valence-electron chi connectivity index (χ2n) is 2.81. The number of hydrogen-bond acceptors (Lipinski definition) is 4. The summed E-state index contributed by atoms with van der Waals surface area (Å²) in [7, 11) is -2.83. The van der Waals surface area contributed by atoms with Gasteiger partial charge in [-0.15, -0.1) is 11.3 Å². The molecule has 0 spiro atoms. The average Bonchev–Trinajstić information content (AvgIpc) is 2.50. The van der Waals surface area contributed by atoms with E-state index in [1.54, 1.807) is 0 Å². The number of nitrogens with zero attached hydrogens (tertiary/aromatic N) is 2. The van der Waals surface area contributed by atoms with E-state index in [0.29, 0.717) is 11.3 Å². The topological polar surface area (TPSA) is 65.8 Å². The Kier molecular flexibility index (Phi) is 3.44. The highest BCUT2D eigenvalue weighted by Gasteiger charge is 2.34. The molecule has 0 bridgehead atoms. The van der Waals surface area contributed by atoms with E-state index in [2.05, 4.69) is 4.98 Å². The lowest BCUT2D eigenvalue weighted by molar-refractivity contribution is -0.137. The maximum Gasteiger partial charge on any atom is 0.443 e. The molecule has 1 unspecified atom stereocenters. The second-order valence-corrected chi connectivity index (χ2v) is 5.92. The monoisotopic (exact) mass is 269 g/mol.